The number of rotatable bonds is 7. The van der Waals surface area contributed by atoms with E-state index in [1.165, 1.54) is 16.7 Å². The van der Waals surface area contributed by atoms with E-state index in [-0.39, 0.29) is 0 Å². The van der Waals surface area contributed by atoms with Gasteiger partial charge in [-0.3, -0.25) is 0 Å². The summed E-state index contributed by atoms with van der Waals surface area (Å²) in [6, 6.07) is 4.88. The standard InChI is InChI=1S/C14H24O4Si/c1-11-9-13(15-3)10-12(2)14(11)7-8-19(16-4,17-5)18-6/h9-10H,7-8H2,1-6H3. The second-order valence-electron chi connectivity index (χ2n) is 4.54. The Morgan fingerprint density at radius 1 is 0.895 bits per heavy atom. The largest absolute Gasteiger partial charge is 0.500 e. The average molecular weight is 284 g/mol. The highest BCUT2D eigenvalue weighted by atomic mass is 28.4. The van der Waals surface area contributed by atoms with Crippen molar-refractivity contribution in [2.45, 2.75) is 26.3 Å². The predicted molar refractivity (Wildman–Crippen MR) is 77.8 cm³/mol. The molecule has 0 aromatic heterocycles. The molecule has 0 saturated carbocycles. The lowest BCUT2D eigenvalue weighted by atomic mass is 10.0. The smallest absolute Gasteiger partial charge is 0.497 e. The van der Waals surface area contributed by atoms with Crippen molar-refractivity contribution in [2.75, 3.05) is 28.4 Å². The van der Waals surface area contributed by atoms with Crippen LogP contribution >= 0.6 is 0 Å². The van der Waals surface area contributed by atoms with Gasteiger partial charge in [-0.25, -0.2) is 0 Å². The molecule has 1 aromatic rings. The highest BCUT2D eigenvalue weighted by Gasteiger charge is 2.37. The van der Waals surface area contributed by atoms with Gasteiger partial charge in [0, 0.05) is 27.4 Å². The fourth-order valence-corrected chi connectivity index (χ4v) is 3.97. The van der Waals surface area contributed by atoms with E-state index >= 15 is 0 Å². The van der Waals surface area contributed by atoms with Crippen LogP contribution in [-0.2, 0) is 19.7 Å². The van der Waals surface area contributed by atoms with Gasteiger partial charge >= 0.3 is 8.80 Å². The molecule has 0 aliphatic carbocycles. The van der Waals surface area contributed by atoms with Crippen molar-refractivity contribution in [1.29, 1.82) is 0 Å². The summed E-state index contributed by atoms with van der Waals surface area (Å²) in [6.07, 6.45) is 0.878. The third-order valence-electron chi connectivity index (χ3n) is 3.52. The van der Waals surface area contributed by atoms with E-state index in [9.17, 15) is 0 Å². The minimum absolute atomic E-state index is 0.768. The Labute approximate surface area is 117 Å². The Balaban J connectivity index is 2.88. The zero-order valence-electron chi connectivity index (χ0n) is 12.7. The summed E-state index contributed by atoms with van der Waals surface area (Å²) in [5.74, 6) is 0.896. The zero-order chi connectivity index (χ0) is 14.5. The fourth-order valence-electron chi connectivity index (χ4n) is 2.30. The molecule has 0 amide bonds. The fraction of sp³-hybridized carbons (Fsp3) is 0.571. The third-order valence-corrected chi connectivity index (χ3v) is 6.25. The molecule has 0 spiro atoms. The van der Waals surface area contributed by atoms with E-state index < -0.39 is 8.80 Å². The Morgan fingerprint density at radius 2 is 1.37 bits per heavy atom. The Morgan fingerprint density at radius 3 is 1.74 bits per heavy atom. The van der Waals surface area contributed by atoms with Gasteiger partial charge in [-0.2, -0.15) is 0 Å². The normalized spacial score (nSPS) is 11.7. The molecule has 0 bridgehead atoms. The molecular formula is C14H24O4Si. The van der Waals surface area contributed by atoms with Crippen molar-refractivity contribution < 1.29 is 18.0 Å². The molecule has 0 saturated heterocycles. The van der Waals surface area contributed by atoms with Gasteiger partial charge in [0.1, 0.15) is 5.75 Å². The van der Waals surface area contributed by atoms with Gasteiger partial charge < -0.3 is 18.0 Å². The van der Waals surface area contributed by atoms with Crippen molar-refractivity contribution in [3.05, 3.63) is 28.8 Å². The summed E-state index contributed by atoms with van der Waals surface area (Å²) in [4.78, 5) is 0. The van der Waals surface area contributed by atoms with Gasteiger partial charge in [-0.15, -0.1) is 0 Å². The van der Waals surface area contributed by atoms with E-state index in [1.807, 2.05) is 0 Å². The van der Waals surface area contributed by atoms with Crippen LogP contribution in [0.4, 0.5) is 0 Å². The lowest BCUT2D eigenvalue weighted by Gasteiger charge is -2.25. The first-order valence-corrected chi connectivity index (χ1v) is 8.24. The Kier molecular flexibility index (Phi) is 6.00. The summed E-state index contributed by atoms with van der Waals surface area (Å²) in [5.41, 5.74) is 3.76. The molecule has 0 fully saturated rings. The van der Waals surface area contributed by atoms with E-state index in [0.717, 1.165) is 18.2 Å². The molecule has 4 nitrogen and oxygen atoms in total. The van der Waals surface area contributed by atoms with Gasteiger partial charge in [0.25, 0.3) is 0 Å². The summed E-state index contributed by atoms with van der Waals surface area (Å²) >= 11 is 0. The average Bonchev–Trinajstić information content (AvgIpc) is 2.42. The highest BCUT2D eigenvalue weighted by molar-refractivity contribution is 6.60. The Hall–Kier alpha value is -0.883. The second-order valence-corrected chi connectivity index (χ2v) is 7.63. The topological polar surface area (TPSA) is 36.9 Å². The number of hydrogen-bond acceptors (Lipinski definition) is 4. The first kappa shape index (κ1) is 16.2. The van der Waals surface area contributed by atoms with Crippen LogP contribution in [0.1, 0.15) is 16.7 Å². The summed E-state index contributed by atoms with van der Waals surface area (Å²) in [5, 5.41) is 0. The Bertz CT molecular complexity index is 385. The number of hydrogen-bond donors (Lipinski definition) is 0. The molecule has 0 aliphatic rings. The summed E-state index contributed by atoms with van der Waals surface area (Å²) in [6.45, 7) is 4.20. The van der Waals surface area contributed by atoms with Crippen LogP contribution in [0.25, 0.3) is 0 Å². The molecule has 1 aromatic carbocycles. The van der Waals surface area contributed by atoms with Crippen molar-refractivity contribution in [3.8, 4) is 5.75 Å². The molecular weight excluding hydrogens is 260 g/mol. The predicted octanol–water partition coefficient (Wildman–Crippen LogP) is 2.73. The van der Waals surface area contributed by atoms with E-state index in [0.29, 0.717) is 0 Å². The monoisotopic (exact) mass is 284 g/mol. The van der Waals surface area contributed by atoms with E-state index in [1.54, 1.807) is 28.4 Å². The van der Waals surface area contributed by atoms with Gasteiger partial charge in [0.15, 0.2) is 0 Å². The van der Waals surface area contributed by atoms with Crippen LogP contribution in [0.3, 0.4) is 0 Å². The molecule has 0 radical (unpaired) electrons. The highest BCUT2D eigenvalue weighted by Crippen LogP contribution is 2.25. The SMILES string of the molecule is COc1cc(C)c(CC[Si](OC)(OC)OC)c(C)c1. The van der Waals surface area contributed by atoms with Gasteiger partial charge in [-0.1, -0.05) is 0 Å². The van der Waals surface area contributed by atoms with Crippen molar-refractivity contribution in [1.82, 2.24) is 0 Å². The number of benzene rings is 1. The van der Waals surface area contributed by atoms with Crippen molar-refractivity contribution in [2.24, 2.45) is 0 Å². The maximum Gasteiger partial charge on any atom is 0.500 e. The maximum absolute atomic E-state index is 5.45. The van der Waals surface area contributed by atoms with Crippen LogP contribution in [0.15, 0.2) is 12.1 Å². The molecule has 1 rings (SSSR count). The van der Waals surface area contributed by atoms with Crippen LogP contribution in [0, 0.1) is 13.8 Å². The molecule has 5 heteroatoms. The van der Waals surface area contributed by atoms with Crippen molar-refractivity contribution in [3.63, 3.8) is 0 Å². The first-order valence-electron chi connectivity index (χ1n) is 6.31. The first-order chi connectivity index (χ1) is 9.01. The van der Waals surface area contributed by atoms with Gasteiger partial charge in [-0.05, 0) is 49.1 Å². The molecule has 108 valence electrons. The van der Waals surface area contributed by atoms with Crippen LogP contribution in [-0.4, -0.2) is 37.2 Å². The molecule has 0 N–H and O–H groups in total. The minimum atomic E-state index is -2.50. The van der Waals surface area contributed by atoms with E-state index in [2.05, 4.69) is 26.0 Å². The molecule has 0 atom stereocenters. The summed E-state index contributed by atoms with van der Waals surface area (Å²) in [7, 11) is 4.13. The van der Waals surface area contributed by atoms with Crippen LogP contribution in [0.2, 0.25) is 6.04 Å². The lowest BCUT2D eigenvalue weighted by molar-refractivity contribution is 0.123. The quantitative estimate of drug-likeness (QED) is 0.721. The minimum Gasteiger partial charge on any atom is -0.497 e. The maximum atomic E-state index is 5.45. The number of aryl methyl sites for hydroxylation is 2. The lowest BCUT2D eigenvalue weighted by Crippen LogP contribution is -2.43. The second kappa shape index (κ2) is 7.05. The zero-order valence-corrected chi connectivity index (χ0v) is 13.7. The third kappa shape index (κ3) is 3.79. The van der Waals surface area contributed by atoms with Gasteiger partial charge in [0.2, 0.25) is 0 Å². The molecule has 0 aliphatic heterocycles. The molecule has 0 heterocycles. The van der Waals surface area contributed by atoms with Crippen molar-refractivity contribution >= 4 is 8.80 Å². The van der Waals surface area contributed by atoms with E-state index in [4.69, 9.17) is 18.0 Å². The summed E-state index contributed by atoms with van der Waals surface area (Å²) < 4.78 is 21.6. The van der Waals surface area contributed by atoms with Gasteiger partial charge in [0.05, 0.1) is 7.11 Å². The molecule has 19 heavy (non-hydrogen) atoms. The number of methoxy groups -OCH3 is 1. The van der Waals surface area contributed by atoms with Crippen LogP contribution in [0.5, 0.6) is 5.75 Å². The van der Waals surface area contributed by atoms with Crippen LogP contribution < -0.4 is 4.74 Å². The number of ether oxygens (including phenoxy) is 1. The molecule has 0 unspecified atom stereocenters.